The Hall–Kier alpha value is -1.85. The van der Waals surface area contributed by atoms with E-state index in [1.54, 1.807) is 30.3 Å². The molecule has 1 atom stereocenters. The van der Waals surface area contributed by atoms with Gasteiger partial charge in [0.25, 0.3) is 5.91 Å². The van der Waals surface area contributed by atoms with Gasteiger partial charge in [-0.25, -0.2) is 0 Å². The lowest BCUT2D eigenvalue weighted by Crippen LogP contribution is -2.27. The molecule has 19 heavy (non-hydrogen) atoms. The first-order valence-corrected chi connectivity index (χ1v) is 6.76. The zero-order valence-corrected chi connectivity index (χ0v) is 11.4. The molecule has 4 N–H and O–H groups in total. The topological polar surface area (TPSA) is 75.3 Å². The molecule has 1 aromatic carbocycles. The highest BCUT2D eigenvalue weighted by Gasteiger charge is 2.11. The number of carbonyl (C=O) groups is 1. The van der Waals surface area contributed by atoms with Crippen molar-refractivity contribution in [1.82, 2.24) is 5.32 Å². The molecule has 0 fully saturated rings. The molecule has 5 heteroatoms. The van der Waals surface area contributed by atoms with E-state index in [1.807, 2.05) is 13.0 Å². The van der Waals surface area contributed by atoms with Crippen LogP contribution in [0.4, 0.5) is 5.69 Å². The third-order valence-corrected chi connectivity index (χ3v) is 3.74. The van der Waals surface area contributed by atoms with Crippen molar-refractivity contribution in [3.8, 4) is 0 Å². The molecule has 1 heterocycles. The van der Waals surface area contributed by atoms with Gasteiger partial charge in [-0.1, -0.05) is 12.1 Å². The maximum Gasteiger partial charge on any atom is 0.261 e. The zero-order valence-electron chi connectivity index (χ0n) is 10.6. The number of hydrogen-bond acceptors (Lipinski definition) is 4. The van der Waals surface area contributed by atoms with Crippen LogP contribution in [0.25, 0.3) is 0 Å². The molecule has 2 rings (SSSR count). The largest absolute Gasteiger partial charge is 0.399 e. The molecule has 0 spiro atoms. The summed E-state index contributed by atoms with van der Waals surface area (Å²) in [5.41, 5.74) is 6.96. The van der Waals surface area contributed by atoms with Gasteiger partial charge in [0.15, 0.2) is 0 Å². The molecule has 1 aromatic heterocycles. The first kappa shape index (κ1) is 13.6. The maximum absolute atomic E-state index is 11.8. The highest BCUT2D eigenvalue weighted by atomic mass is 32.1. The number of nitrogens with one attached hydrogen (secondary N) is 1. The van der Waals surface area contributed by atoms with E-state index in [4.69, 9.17) is 5.73 Å². The lowest BCUT2D eigenvalue weighted by molar-refractivity contribution is 0.0920. The van der Waals surface area contributed by atoms with Gasteiger partial charge >= 0.3 is 0 Å². The number of aliphatic hydroxyl groups is 1. The van der Waals surface area contributed by atoms with Crippen LogP contribution < -0.4 is 11.1 Å². The standard InChI is InChI=1S/C14H16N2O2S/c1-9-2-7-13(19-9)14(18)16-8-12(17)10-3-5-11(15)6-4-10/h2-7,12,17H,8,15H2,1H3,(H,16,18). The second kappa shape index (κ2) is 5.86. The smallest absolute Gasteiger partial charge is 0.261 e. The fourth-order valence-electron chi connectivity index (χ4n) is 1.67. The van der Waals surface area contributed by atoms with Gasteiger partial charge in [-0.3, -0.25) is 4.79 Å². The summed E-state index contributed by atoms with van der Waals surface area (Å²) < 4.78 is 0. The Bertz CT molecular complexity index is 563. The SMILES string of the molecule is Cc1ccc(C(=O)NCC(O)c2ccc(N)cc2)s1. The van der Waals surface area contributed by atoms with Crippen molar-refractivity contribution in [2.24, 2.45) is 0 Å². The predicted octanol–water partition coefficient (Wildman–Crippen LogP) is 2.10. The van der Waals surface area contributed by atoms with Gasteiger partial charge in [0.1, 0.15) is 0 Å². The molecule has 0 bridgehead atoms. The van der Waals surface area contributed by atoms with Crippen molar-refractivity contribution in [1.29, 1.82) is 0 Å². The minimum atomic E-state index is -0.731. The molecule has 0 saturated carbocycles. The Morgan fingerprint density at radius 3 is 2.58 bits per heavy atom. The third-order valence-electron chi connectivity index (χ3n) is 2.74. The zero-order chi connectivity index (χ0) is 13.8. The first-order chi connectivity index (χ1) is 9.06. The van der Waals surface area contributed by atoms with Crippen LogP contribution in [0.5, 0.6) is 0 Å². The number of benzene rings is 1. The summed E-state index contributed by atoms with van der Waals surface area (Å²) >= 11 is 1.44. The number of aryl methyl sites for hydroxylation is 1. The van der Waals surface area contributed by atoms with Gasteiger partial charge in [-0.15, -0.1) is 11.3 Å². The lowest BCUT2D eigenvalue weighted by Gasteiger charge is -2.12. The fraction of sp³-hybridized carbons (Fsp3) is 0.214. The molecule has 0 radical (unpaired) electrons. The van der Waals surface area contributed by atoms with Gasteiger partial charge in [0, 0.05) is 17.1 Å². The summed E-state index contributed by atoms with van der Waals surface area (Å²) in [5, 5.41) is 12.7. The summed E-state index contributed by atoms with van der Waals surface area (Å²) in [7, 11) is 0. The van der Waals surface area contributed by atoms with Crippen molar-refractivity contribution < 1.29 is 9.90 Å². The number of hydrogen-bond donors (Lipinski definition) is 3. The Kier molecular flexibility index (Phi) is 4.19. The van der Waals surface area contributed by atoms with Gasteiger partial charge in [-0.05, 0) is 36.8 Å². The number of aliphatic hydroxyl groups excluding tert-OH is 1. The van der Waals surface area contributed by atoms with Crippen molar-refractivity contribution >= 4 is 22.9 Å². The summed E-state index contributed by atoms with van der Waals surface area (Å²) in [5.74, 6) is -0.160. The summed E-state index contributed by atoms with van der Waals surface area (Å²) in [6.07, 6.45) is -0.731. The van der Waals surface area contributed by atoms with E-state index in [9.17, 15) is 9.90 Å². The van der Waals surface area contributed by atoms with E-state index >= 15 is 0 Å². The van der Waals surface area contributed by atoms with Crippen LogP contribution >= 0.6 is 11.3 Å². The molecule has 100 valence electrons. The van der Waals surface area contributed by atoms with Crippen LogP contribution in [0, 0.1) is 6.92 Å². The predicted molar refractivity (Wildman–Crippen MR) is 77.2 cm³/mol. The number of rotatable bonds is 4. The van der Waals surface area contributed by atoms with Crippen molar-refractivity contribution in [3.63, 3.8) is 0 Å². The van der Waals surface area contributed by atoms with Crippen LogP contribution in [0.2, 0.25) is 0 Å². The normalized spacial score (nSPS) is 12.1. The van der Waals surface area contributed by atoms with Crippen LogP contribution in [0.3, 0.4) is 0 Å². The van der Waals surface area contributed by atoms with Crippen LogP contribution in [-0.4, -0.2) is 17.6 Å². The van der Waals surface area contributed by atoms with Gasteiger partial charge < -0.3 is 16.2 Å². The van der Waals surface area contributed by atoms with E-state index in [0.29, 0.717) is 10.6 Å². The molecule has 1 amide bonds. The van der Waals surface area contributed by atoms with Crippen LogP contribution in [-0.2, 0) is 0 Å². The Morgan fingerprint density at radius 2 is 2.00 bits per heavy atom. The summed E-state index contributed by atoms with van der Waals surface area (Å²) in [6, 6.07) is 10.6. The molecule has 0 aliphatic heterocycles. The van der Waals surface area contributed by atoms with E-state index in [2.05, 4.69) is 5.32 Å². The number of amides is 1. The second-order valence-electron chi connectivity index (χ2n) is 4.30. The Balaban J connectivity index is 1.91. The van der Waals surface area contributed by atoms with Gasteiger partial charge in [0.05, 0.1) is 11.0 Å². The Labute approximate surface area is 115 Å². The van der Waals surface area contributed by atoms with Crippen molar-refractivity contribution in [2.75, 3.05) is 12.3 Å². The number of thiophene rings is 1. The van der Waals surface area contributed by atoms with Crippen LogP contribution in [0.15, 0.2) is 36.4 Å². The number of anilines is 1. The summed E-state index contributed by atoms with van der Waals surface area (Å²) in [6.45, 7) is 2.13. The van der Waals surface area contributed by atoms with Crippen molar-refractivity contribution in [2.45, 2.75) is 13.0 Å². The van der Waals surface area contributed by atoms with Gasteiger partial charge in [-0.2, -0.15) is 0 Å². The average molecular weight is 276 g/mol. The molecule has 0 aliphatic carbocycles. The second-order valence-corrected chi connectivity index (χ2v) is 5.59. The third kappa shape index (κ3) is 3.56. The van der Waals surface area contributed by atoms with Crippen molar-refractivity contribution in [3.05, 3.63) is 51.7 Å². The minimum absolute atomic E-state index is 0.160. The molecule has 2 aromatic rings. The van der Waals surface area contributed by atoms with E-state index < -0.39 is 6.10 Å². The minimum Gasteiger partial charge on any atom is -0.399 e. The molecule has 0 aliphatic rings. The highest BCUT2D eigenvalue weighted by Crippen LogP contribution is 2.16. The summed E-state index contributed by atoms with van der Waals surface area (Å²) in [4.78, 5) is 13.6. The number of nitrogen functional groups attached to an aromatic ring is 1. The lowest BCUT2D eigenvalue weighted by atomic mass is 10.1. The Morgan fingerprint density at radius 1 is 1.32 bits per heavy atom. The first-order valence-electron chi connectivity index (χ1n) is 5.94. The molecule has 4 nitrogen and oxygen atoms in total. The van der Waals surface area contributed by atoms with Gasteiger partial charge in [0.2, 0.25) is 0 Å². The highest BCUT2D eigenvalue weighted by molar-refractivity contribution is 7.13. The molecular weight excluding hydrogens is 260 g/mol. The average Bonchev–Trinajstić information content (AvgIpc) is 2.83. The maximum atomic E-state index is 11.8. The van der Waals surface area contributed by atoms with E-state index in [0.717, 1.165) is 10.4 Å². The number of carbonyl (C=O) groups excluding carboxylic acids is 1. The van der Waals surface area contributed by atoms with E-state index in [1.165, 1.54) is 11.3 Å². The fourth-order valence-corrected chi connectivity index (χ4v) is 2.45. The molecule has 0 saturated heterocycles. The van der Waals surface area contributed by atoms with Crippen LogP contribution in [0.1, 0.15) is 26.2 Å². The van der Waals surface area contributed by atoms with E-state index in [-0.39, 0.29) is 12.5 Å². The number of nitrogens with two attached hydrogens (primary N) is 1. The quantitative estimate of drug-likeness (QED) is 0.749. The molecular formula is C14H16N2O2S. The monoisotopic (exact) mass is 276 g/mol. The molecule has 1 unspecified atom stereocenters.